The van der Waals surface area contributed by atoms with Crippen molar-refractivity contribution >= 4 is 56.4 Å². The number of halogens is 5. The van der Waals surface area contributed by atoms with Crippen LogP contribution in [0.4, 0.5) is 10.1 Å². The Kier molecular flexibility index (Phi) is 4.96. The van der Waals surface area contributed by atoms with Gasteiger partial charge in [0.05, 0.1) is 20.2 Å². The Morgan fingerprint density at radius 3 is 2.26 bits per heavy atom. The van der Waals surface area contributed by atoms with Gasteiger partial charge < -0.3 is 5.32 Å². The molecule has 2 aromatic carbocycles. The van der Waals surface area contributed by atoms with Gasteiger partial charge in [0.1, 0.15) is 5.82 Å². The summed E-state index contributed by atoms with van der Waals surface area (Å²) < 4.78 is 13.5. The van der Waals surface area contributed by atoms with E-state index in [0.717, 1.165) is 5.56 Å². The topological polar surface area (TPSA) is 12.0 Å². The first-order valence-corrected chi connectivity index (χ1v) is 7.22. The highest BCUT2D eigenvalue weighted by Gasteiger charge is 2.08. The maximum atomic E-state index is 13.1. The molecule has 0 fully saturated rings. The Hall–Kier alpha value is -0.480. The van der Waals surface area contributed by atoms with E-state index in [-0.39, 0.29) is 5.82 Å². The number of hydrogen-bond acceptors (Lipinski definition) is 1. The quantitative estimate of drug-likeness (QED) is 0.669. The molecule has 0 atom stereocenters. The van der Waals surface area contributed by atoms with Crippen LogP contribution in [-0.4, -0.2) is 0 Å². The Labute approximate surface area is 133 Å². The minimum absolute atomic E-state index is 0.300. The van der Waals surface area contributed by atoms with Gasteiger partial charge in [-0.1, -0.05) is 40.9 Å². The maximum Gasteiger partial charge on any atom is 0.137 e. The molecule has 0 aromatic heterocycles. The summed E-state index contributed by atoms with van der Waals surface area (Å²) in [4.78, 5) is 0. The lowest BCUT2D eigenvalue weighted by atomic mass is 10.2. The summed E-state index contributed by atoms with van der Waals surface area (Å²) in [5.74, 6) is -0.300. The van der Waals surface area contributed by atoms with E-state index in [1.54, 1.807) is 24.3 Å². The Morgan fingerprint density at radius 2 is 1.68 bits per heavy atom. The van der Waals surface area contributed by atoms with Crippen LogP contribution in [0.25, 0.3) is 0 Å². The lowest BCUT2D eigenvalue weighted by molar-refractivity contribution is 0.620. The van der Waals surface area contributed by atoms with E-state index < -0.39 is 0 Å². The van der Waals surface area contributed by atoms with Gasteiger partial charge in [0.2, 0.25) is 0 Å². The van der Waals surface area contributed by atoms with Crippen LogP contribution in [0.3, 0.4) is 0 Å². The predicted octanol–water partition coefficient (Wildman–Crippen LogP) is 6.16. The van der Waals surface area contributed by atoms with Crippen LogP contribution in [0, 0.1) is 5.82 Å². The van der Waals surface area contributed by atoms with Gasteiger partial charge in [0.15, 0.2) is 0 Å². The molecule has 0 aliphatic rings. The normalized spacial score (nSPS) is 10.6. The molecule has 0 aliphatic carbocycles. The van der Waals surface area contributed by atoms with Gasteiger partial charge in [-0.25, -0.2) is 4.39 Å². The molecule has 2 rings (SSSR count). The van der Waals surface area contributed by atoms with Crippen LogP contribution in [0.15, 0.2) is 34.8 Å². The van der Waals surface area contributed by atoms with Gasteiger partial charge in [-0.05, 0) is 45.8 Å². The standard InChI is InChI=1S/C13H8BrCl3FN/c14-9-3-7(1-2-12(9)18)6-19-13-10(16)4-8(15)5-11(13)17/h1-5,19H,6H2. The summed E-state index contributed by atoms with van der Waals surface area (Å²) in [6.45, 7) is 0.472. The molecular formula is C13H8BrCl3FN. The predicted molar refractivity (Wildman–Crippen MR) is 82.9 cm³/mol. The molecular weight excluding hydrogens is 375 g/mol. The van der Waals surface area contributed by atoms with Crippen molar-refractivity contribution in [3.8, 4) is 0 Å². The molecule has 0 unspecified atom stereocenters. The van der Waals surface area contributed by atoms with E-state index in [9.17, 15) is 4.39 Å². The molecule has 6 heteroatoms. The van der Waals surface area contributed by atoms with Crippen molar-refractivity contribution in [3.63, 3.8) is 0 Å². The fraction of sp³-hybridized carbons (Fsp3) is 0.0769. The highest BCUT2D eigenvalue weighted by molar-refractivity contribution is 9.10. The van der Waals surface area contributed by atoms with Crippen molar-refractivity contribution in [1.82, 2.24) is 0 Å². The van der Waals surface area contributed by atoms with E-state index in [2.05, 4.69) is 21.2 Å². The van der Waals surface area contributed by atoms with E-state index >= 15 is 0 Å². The maximum absolute atomic E-state index is 13.1. The van der Waals surface area contributed by atoms with Crippen LogP contribution in [0.5, 0.6) is 0 Å². The van der Waals surface area contributed by atoms with Crippen LogP contribution in [0.2, 0.25) is 15.1 Å². The average molecular weight is 383 g/mol. The van der Waals surface area contributed by atoms with Crippen molar-refractivity contribution in [1.29, 1.82) is 0 Å². The summed E-state index contributed by atoms with van der Waals surface area (Å²) in [6.07, 6.45) is 0. The van der Waals surface area contributed by atoms with E-state index in [4.69, 9.17) is 34.8 Å². The first-order chi connectivity index (χ1) is 8.97. The molecule has 0 saturated carbocycles. The third kappa shape index (κ3) is 3.76. The lowest BCUT2D eigenvalue weighted by Crippen LogP contribution is -2.01. The third-order valence-electron chi connectivity index (χ3n) is 2.46. The molecule has 1 nitrogen and oxygen atoms in total. The van der Waals surface area contributed by atoms with E-state index in [1.165, 1.54) is 6.07 Å². The van der Waals surface area contributed by atoms with Crippen LogP contribution < -0.4 is 5.32 Å². The zero-order valence-corrected chi connectivity index (χ0v) is 13.3. The highest BCUT2D eigenvalue weighted by Crippen LogP contribution is 2.34. The minimum atomic E-state index is -0.300. The van der Waals surface area contributed by atoms with E-state index in [0.29, 0.717) is 31.8 Å². The first-order valence-electron chi connectivity index (χ1n) is 5.29. The minimum Gasteiger partial charge on any atom is -0.379 e. The second-order valence-corrected chi connectivity index (χ2v) is 5.95. The first kappa shape index (κ1) is 14.9. The molecule has 0 bridgehead atoms. The Balaban J connectivity index is 2.16. The molecule has 1 N–H and O–H groups in total. The van der Waals surface area contributed by atoms with Gasteiger partial charge in [-0.2, -0.15) is 0 Å². The van der Waals surface area contributed by atoms with E-state index in [1.807, 2.05) is 0 Å². The molecule has 0 saturated heterocycles. The SMILES string of the molecule is Fc1ccc(CNc2c(Cl)cc(Cl)cc2Cl)cc1Br. The molecule has 0 radical (unpaired) electrons. The van der Waals surface area contributed by atoms with Crippen molar-refractivity contribution in [2.75, 3.05) is 5.32 Å². The van der Waals surface area contributed by atoms with Crippen molar-refractivity contribution in [3.05, 3.63) is 61.3 Å². The van der Waals surface area contributed by atoms with Gasteiger partial charge in [-0.3, -0.25) is 0 Å². The summed E-state index contributed by atoms with van der Waals surface area (Å²) in [7, 11) is 0. The summed E-state index contributed by atoms with van der Waals surface area (Å²) >= 11 is 21.1. The molecule has 19 heavy (non-hydrogen) atoms. The highest BCUT2D eigenvalue weighted by atomic mass is 79.9. The van der Waals surface area contributed by atoms with Crippen molar-refractivity contribution in [2.45, 2.75) is 6.54 Å². The van der Waals surface area contributed by atoms with Crippen LogP contribution in [-0.2, 0) is 6.54 Å². The monoisotopic (exact) mass is 381 g/mol. The number of nitrogens with one attached hydrogen (secondary N) is 1. The molecule has 2 aromatic rings. The summed E-state index contributed by atoms with van der Waals surface area (Å²) in [5.41, 5.74) is 1.50. The Bertz CT molecular complexity index is 596. The smallest absolute Gasteiger partial charge is 0.137 e. The Morgan fingerprint density at radius 1 is 1.05 bits per heavy atom. The van der Waals surface area contributed by atoms with Crippen molar-refractivity contribution in [2.24, 2.45) is 0 Å². The number of rotatable bonds is 3. The molecule has 0 aliphatic heterocycles. The second kappa shape index (κ2) is 6.31. The number of benzene rings is 2. The zero-order valence-electron chi connectivity index (χ0n) is 9.48. The summed E-state index contributed by atoms with van der Waals surface area (Å²) in [5, 5.41) is 4.47. The fourth-order valence-corrected chi connectivity index (χ4v) is 2.93. The van der Waals surface area contributed by atoms with Gasteiger partial charge in [-0.15, -0.1) is 0 Å². The van der Waals surface area contributed by atoms with Gasteiger partial charge >= 0.3 is 0 Å². The second-order valence-electron chi connectivity index (χ2n) is 3.85. The lowest BCUT2D eigenvalue weighted by Gasteiger charge is -2.11. The van der Waals surface area contributed by atoms with Gasteiger partial charge in [0.25, 0.3) is 0 Å². The fourth-order valence-electron chi connectivity index (χ4n) is 1.55. The number of hydrogen-bond donors (Lipinski definition) is 1. The van der Waals surface area contributed by atoms with Gasteiger partial charge in [0, 0.05) is 11.6 Å². The third-order valence-corrected chi connectivity index (χ3v) is 3.88. The largest absolute Gasteiger partial charge is 0.379 e. The van der Waals surface area contributed by atoms with Crippen molar-refractivity contribution < 1.29 is 4.39 Å². The zero-order chi connectivity index (χ0) is 14.0. The molecule has 0 spiro atoms. The molecule has 100 valence electrons. The number of anilines is 1. The summed E-state index contributed by atoms with van der Waals surface area (Å²) in [6, 6.07) is 7.99. The molecule has 0 heterocycles. The average Bonchev–Trinajstić information content (AvgIpc) is 2.32. The van der Waals surface area contributed by atoms with Crippen LogP contribution >= 0.6 is 50.7 Å². The van der Waals surface area contributed by atoms with Crippen LogP contribution in [0.1, 0.15) is 5.56 Å². The molecule has 0 amide bonds.